The highest BCUT2D eigenvalue weighted by Gasteiger charge is 2.32. The minimum Gasteiger partial charge on any atom is -0.465 e. The van der Waals surface area contributed by atoms with Crippen LogP contribution in [0.3, 0.4) is 0 Å². The zero-order valence-electron chi connectivity index (χ0n) is 15.3. The van der Waals surface area contributed by atoms with Gasteiger partial charge in [0.2, 0.25) is 0 Å². The molecule has 0 spiro atoms. The fourth-order valence-corrected chi connectivity index (χ4v) is 4.42. The lowest BCUT2D eigenvalue weighted by atomic mass is 9.85. The molecule has 1 saturated heterocycles. The summed E-state index contributed by atoms with van der Waals surface area (Å²) < 4.78 is 0. The summed E-state index contributed by atoms with van der Waals surface area (Å²) in [6, 6.07) is 11.0. The van der Waals surface area contributed by atoms with Crippen molar-refractivity contribution in [3.05, 3.63) is 35.9 Å². The molecule has 1 aliphatic carbocycles. The Hall–Kier alpha value is -1.30. The molecule has 146 valence electrons. The van der Waals surface area contributed by atoms with E-state index in [1.807, 2.05) is 18.2 Å². The molecule has 2 unspecified atom stereocenters. The van der Waals surface area contributed by atoms with Gasteiger partial charge in [0.15, 0.2) is 0 Å². The van der Waals surface area contributed by atoms with Crippen LogP contribution < -0.4 is 11.1 Å². The molecule has 1 aromatic rings. The van der Waals surface area contributed by atoms with Crippen molar-refractivity contribution in [3.63, 3.8) is 0 Å². The number of benzene rings is 1. The predicted octanol–water partition coefficient (Wildman–Crippen LogP) is 3.27. The Morgan fingerprint density at radius 1 is 1.19 bits per heavy atom. The minimum absolute atomic E-state index is 0. The number of carbonyl (C=O) groups is 1. The average molecular weight is 382 g/mol. The molecule has 1 heterocycles. The van der Waals surface area contributed by atoms with Gasteiger partial charge in [0, 0.05) is 24.7 Å². The highest BCUT2D eigenvalue weighted by molar-refractivity contribution is 5.85. The summed E-state index contributed by atoms with van der Waals surface area (Å²) in [5.41, 5.74) is 7.30. The Morgan fingerprint density at radius 3 is 2.65 bits per heavy atom. The summed E-state index contributed by atoms with van der Waals surface area (Å²) in [7, 11) is 0. The summed E-state index contributed by atoms with van der Waals surface area (Å²) in [4.78, 5) is 13.2. The number of nitrogens with one attached hydrogen (secondary N) is 1. The third kappa shape index (κ3) is 5.86. The molecule has 3 rings (SSSR count). The SMILES string of the molecule is Cl.N[C@@H]1CCC[C@H](CNC2CCN(C(=O)O)C(Cc3ccccc3)C2)C1. The van der Waals surface area contributed by atoms with Crippen LogP contribution in [0.15, 0.2) is 30.3 Å². The van der Waals surface area contributed by atoms with E-state index in [9.17, 15) is 9.90 Å². The van der Waals surface area contributed by atoms with E-state index in [0.717, 1.165) is 38.6 Å². The number of rotatable bonds is 5. The molecular weight excluding hydrogens is 350 g/mol. The van der Waals surface area contributed by atoms with Crippen molar-refractivity contribution >= 4 is 18.5 Å². The maximum Gasteiger partial charge on any atom is 0.407 e. The summed E-state index contributed by atoms with van der Waals surface area (Å²) in [6.45, 7) is 1.64. The molecule has 6 heteroatoms. The van der Waals surface area contributed by atoms with Gasteiger partial charge in [0.05, 0.1) is 0 Å². The lowest BCUT2D eigenvalue weighted by Gasteiger charge is -2.39. The number of amides is 1. The van der Waals surface area contributed by atoms with Crippen LogP contribution in [-0.4, -0.2) is 47.3 Å². The fraction of sp³-hybridized carbons (Fsp3) is 0.650. The standard InChI is InChI=1S/C20H31N3O2.ClH/c21-17-8-4-7-16(11-17)14-22-18-9-10-23(20(24)25)19(13-18)12-15-5-2-1-3-6-15;/h1-3,5-6,16-19,22H,4,7-14,21H2,(H,24,25);1H/t16-,17+,18?,19?;/m0./s1. The lowest BCUT2D eigenvalue weighted by Crippen LogP contribution is -2.52. The second-order valence-corrected chi connectivity index (χ2v) is 7.74. The number of likely N-dealkylation sites (tertiary alicyclic amines) is 1. The van der Waals surface area contributed by atoms with E-state index in [1.165, 1.54) is 18.4 Å². The largest absolute Gasteiger partial charge is 0.465 e. The zero-order valence-corrected chi connectivity index (χ0v) is 16.2. The number of piperidine rings is 1. The maximum atomic E-state index is 11.6. The Balaban J connectivity index is 0.00000243. The molecule has 0 bridgehead atoms. The van der Waals surface area contributed by atoms with Gasteiger partial charge in [0.25, 0.3) is 0 Å². The molecule has 0 radical (unpaired) electrons. The molecule has 1 amide bonds. The van der Waals surface area contributed by atoms with Gasteiger partial charge in [-0.1, -0.05) is 36.8 Å². The molecule has 1 aromatic carbocycles. The molecule has 1 aliphatic heterocycles. The van der Waals surface area contributed by atoms with Crippen molar-refractivity contribution in [2.45, 2.75) is 63.1 Å². The van der Waals surface area contributed by atoms with Gasteiger partial charge < -0.3 is 21.1 Å². The normalized spacial score (nSPS) is 29.0. The van der Waals surface area contributed by atoms with Gasteiger partial charge in [-0.05, 0) is 56.6 Å². The Kier molecular flexibility index (Phi) is 8.19. The van der Waals surface area contributed by atoms with E-state index in [0.29, 0.717) is 24.5 Å². The second kappa shape index (κ2) is 10.1. The Labute approximate surface area is 162 Å². The first-order valence-corrected chi connectivity index (χ1v) is 9.64. The molecular formula is C20H32ClN3O2. The summed E-state index contributed by atoms with van der Waals surface area (Å²) in [6.07, 6.45) is 6.57. The molecule has 26 heavy (non-hydrogen) atoms. The van der Waals surface area contributed by atoms with Gasteiger partial charge in [-0.15, -0.1) is 12.4 Å². The monoisotopic (exact) mass is 381 g/mol. The first-order chi connectivity index (χ1) is 12.1. The summed E-state index contributed by atoms with van der Waals surface area (Å²) in [5, 5.41) is 13.2. The Bertz CT molecular complexity index is 557. The third-order valence-electron chi connectivity index (χ3n) is 5.79. The highest BCUT2D eigenvalue weighted by Crippen LogP contribution is 2.25. The van der Waals surface area contributed by atoms with Gasteiger partial charge in [-0.2, -0.15) is 0 Å². The van der Waals surface area contributed by atoms with Gasteiger partial charge in [-0.25, -0.2) is 4.79 Å². The molecule has 2 fully saturated rings. The van der Waals surface area contributed by atoms with E-state index in [1.54, 1.807) is 4.90 Å². The van der Waals surface area contributed by atoms with Gasteiger partial charge in [0.1, 0.15) is 0 Å². The molecule has 0 aromatic heterocycles. The van der Waals surface area contributed by atoms with Crippen LogP contribution in [0.25, 0.3) is 0 Å². The van der Waals surface area contributed by atoms with Crippen LogP contribution in [0.5, 0.6) is 0 Å². The van der Waals surface area contributed by atoms with Crippen LogP contribution in [-0.2, 0) is 6.42 Å². The smallest absolute Gasteiger partial charge is 0.407 e. The van der Waals surface area contributed by atoms with Gasteiger partial charge in [-0.3, -0.25) is 0 Å². The second-order valence-electron chi connectivity index (χ2n) is 7.74. The number of nitrogens with two attached hydrogens (primary N) is 1. The fourth-order valence-electron chi connectivity index (χ4n) is 4.42. The van der Waals surface area contributed by atoms with Crippen molar-refractivity contribution in [2.24, 2.45) is 11.7 Å². The van der Waals surface area contributed by atoms with Crippen LogP contribution in [0.4, 0.5) is 4.79 Å². The molecule has 5 nitrogen and oxygen atoms in total. The minimum atomic E-state index is -0.794. The third-order valence-corrected chi connectivity index (χ3v) is 5.79. The number of hydrogen-bond donors (Lipinski definition) is 3. The van der Waals surface area contributed by atoms with Crippen molar-refractivity contribution in [1.29, 1.82) is 0 Å². The van der Waals surface area contributed by atoms with Crippen molar-refractivity contribution in [3.8, 4) is 0 Å². The highest BCUT2D eigenvalue weighted by atomic mass is 35.5. The number of hydrogen-bond acceptors (Lipinski definition) is 3. The van der Waals surface area contributed by atoms with E-state index in [2.05, 4.69) is 17.4 Å². The summed E-state index contributed by atoms with van der Waals surface area (Å²) in [5.74, 6) is 0.675. The molecule has 2 aliphatic rings. The first kappa shape index (κ1) is 21.0. The van der Waals surface area contributed by atoms with Crippen LogP contribution >= 0.6 is 12.4 Å². The van der Waals surface area contributed by atoms with Crippen molar-refractivity contribution in [1.82, 2.24) is 10.2 Å². The summed E-state index contributed by atoms with van der Waals surface area (Å²) >= 11 is 0. The van der Waals surface area contributed by atoms with Crippen LogP contribution in [0.1, 0.15) is 44.1 Å². The molecule has 4 atom stereocenters. The van der Waals surface area contributed by atoms with E-state index < -0.39 is 6.09 Å². The predicted molar refractivity (Wildman–Crippen MR) is 107 cm³/mol. The lowest BCUT2D eigenvalue weighted by molar-refractivity contribution is 0.0951. The molecule has 4 N–H and O–H groups in total. The van der Waals surface area contributed by atoms with Crippen LogP contribution in [0.2, 0.25) is 0 Å². The number of halogens is 1. The Morgan fingerprint density at radius 2 is 1.96 bits per heavy atom. The first-order valence-electron chi connectivity index (χ1n) is 9.64. The maximum absolute atomic E-state index is 11.6. The molecule has 1 saturated carbocycles. The zero-order chi connectivity index (χ0) is 17.6. The van der Waals surface area contributed by atoms with E-state index >= 15 is 0 Å². The van der Waals surface area contributed by atoms with E-state index in [-0.39, 0.29) is 18.4 Å². The van der Waals surface area contributed by atoms with Gasteiger partial charge >= 0.3 is 6.09 Å². The number of nitrogens with zero attached hydrogens (tertiary/aromatic N) is 1. The van der Waals surface area contributed by atoms with E-state index in [4.69, 9.17) is 5.73 Å². The quantitative estimate of drug-likeness (QED) is 0.731. The average Bonchev–Trinajstić information content (AvgIpc) is 2.61. The number of carboxylic acid groups (broad SMARTS) is 1. The van der Waals surface area contributed by atoms with Crippen molar-refractivity contribution in [2.75, 3.05) is 13.1 Å². The van der Waals surface area contributed by atoms with Crippen molar-refractivity contribution < 1.29 is 9.90 Å². The topological polar surface area (TPSA) is 78.6 Å². The van der Waals surface area contributed by atoms with Crippen LogP contribution in [0, 0.1) is 5.92 Å².